The Hall–Kier alpha value is -1.64. The molecular weight excluding hydrogens is 404 g/mol. The van der Waals surface area contributed by atoms with Crippen LogP contribution in [0.5, 0.6) is 0 Å². The molecule has 7 nitrogen and oxygen atoms in total. The van der Waals surface area contributed by atoms with Crippen molar-refractivity contribution in [3.8, 4) is 0 Å². The van der Waals surface area contributed by atoms with E-state index in [9.17, 15) is 13.2 Å². The van der Waals surface area contributed by atoms with Crippen molar-refractivity contribution in [2.24, 2.45) is 11.3 Å². The van der Waals surface area contributed by atoms with Gasteiger partial charge in [0.05, 0.1) is 30.9 Å². The summed E-state index contributed by atoms with van der Waals surface area (Å²) < 4.78 is 35.6. The SMILES string of the molecule is COC(=O)[C@@H]1C[C@@]23CCCN4CC[C@@]5(c6ccccc6N[C@]15C[C@H]2OS(C)(=O)=O)[C@@H]43. The minimum Gasteiger partial charge on any atom is -0.469 e. The van der Waals surface area contributed by atoms with Crippen LogP contribution in [0.2, 0.25) is 0 Å². The molecule has 0 amide bonds. The van der Waals surface area contributed by atoms with Crippen molar-refractivity contribution < 1.29 is 22.1 Å². The number of nitrogens with zero attached hydrogens (tertiary/aromatic N) is 1. The number of methoxy groups -OCH3 is 1. The third-order valence-electron chi connectivity index (χ3n) is 8.92. The second kappa shape index (κ2) is 5.78. The van der Waals surface area contributed by atoms with Gasteiger partial charge in [0.1, 0.15) is 0 Å². The van der Waals surface area contributed by atoms with Crippen LogP contribution in [0.4, 0.5) is 5.69 Å². The summed E-state index contributed by atoms with van der Waals surface area (Å²) in [6.45, 7) is 1.98. The van der Waals surface area contributed by atoms with Crippen molar-refractivity contribution >= 4 is 21.8 Å². The zero-order valence-corrected chi connectivity index (χ0v) is 18.2. The number of piperidine rings is 1. The highest BCUT2D eigenvalue weighted by molar-refractivity contribution is 7.86. The fraction of sp³-hybridized carbons (Fsp3) is 0.682. The quantitative estimate of drug-likeness (QED) is 0.577. The number of ether oxygens (including phenoxy) is 1. The second-order valence-corrected chi connectivity index (χ2v) is 11.5. The van der Waals surface area contributed by atoms with Gasteiger partial charge in [0.25, 0.3) is 10.1 Å². The summed E-state index contributed by atoms with van der Waals surface area (Å²) in [4.78, 5) is 15.7. The van der Waals surface area contributed by atoms with Gasteiger partial charge < -0.3 is 10.1 Å². The number of fused-ring (bicyclic) bond motifs is 3. The minimum absolute atomic E-state index is 0.163. The van der Waals surface area contributed by atoms with E-state index in [0.717, 1.165) is 44.3 Å². The van der Waals surface area contributed by atoms with E-state index >= 15 is 0 Å². The van der Waals surface area contributed by atoms with E-state index in [-0.39, 0.29) is 28.8 Å². The number of para-hydroxylation sites is 1. The molecule has 3 heterocycles. The zero-order valence-electron chi connectivity index (χ0n) is 17.4. The van der Waals surface area contributed by atoms with Crippen molar-refractivity contribution in [1.29, 1.82) is 0 Å². The van der Waals surface area contributed by atoms with Gasteiger partial charge in [-0.3, -0.25) is 13.9 Å². The fourth-order valence-corrected chi connectivity index (χ4v) is 9.02. The normalized spacial score (nSPS) is 43.5. The van der Waals surface area contributed by atoms with E-state index < -0.39 is 21.8 Å². The first-order chi connectivity index (χ1) is 14.3. The number of hydrogen-bond acceptors (Lipinski definition) is 7. The van der Waals surface area contributed by atoms with Crippen LogP contribution in [0.15, 0.2) is 24.3 Å². The average molecular weight is 433 g/mol. The molecule has 2 bridgehead atoms. The molecule has 5 fully saturated rings. The Bertz CT molecular complexity index is 1040. The molecule has 3 saturated carbocycles. The molecular formula is C22H28N2O5S. The van der Waals surface area contributed by atoms with Crippen molar-refractivity contribution in [3.63, 3.8) is 0 Å². The van der Waals surface area contributed by atoms with E-state index in [1.165, 1.54) is 12.7 Å². The molecule has 3 aliphatic carbocycles. The molecule has 6 atom stereocenters. The summed E-state index contributed by atoms with van der Waals surface area (Å²) in [5.41, 5.74) is 1.12. The zero-order chi connectivity index (χ0) is 20.9. The highest BCUT2D eigenvalue weighted by Gasteiger charge is 2.81. The molecule has 30 heavy (non-hydrogen) atoms. The Balaban J connectivity index is 1.63. The summed E-state index contributed by atoms with van der Waals surface area (Å²) in [5.74, 6) is -0.530. The van der Waals surface area contributed by atoms with Gasteiger partial charge in [0, 0.05) is 29.0 Å². The van der Waals surface area contributed by atoms with E-state index in [4.69, 9.17) is 8.92 Å². The van der Waals surface area contributed by atoms with Crippen LogP contribution in [0, 0.1) is 11.3 Å². The predicted octanol–water partition coefficient (Wildman–Crippen LogP) is 1.88. The Labute approximate surface area is 177 Å². The predicted molar refractivity (Wildman–Crippen MR) is 111 cm³/mol. The van der Waals surface area contributed by atoms with Gasteiger partial charge in [-0.25, -0.2) is 0 Å². The van der Waals surface area contributed by atoms with Gasteiger partial charge in [-0.15, -0.1) is 0 Å². The number of benzene rings is 1. The van der Waals surface area contributed by atoms with Crippen LogP contribution in [0.1, 0.15) is 37.7 Å². The number of carbonyl (C=O) groups is 1. The largest absolute Gasteiger partial charge is 0.469 e. The molecule has 3 spiro atoms. The van der Waals surface area contributed by atoms with E-state index in [1.807, 2.05) is 6.07 Å². The Morgan fingerprint density at radius 3 is 2.77 bits per heavy atom. The minimum atomic E-state index is -3.62. The molecule has 8 heteroatoms. The lowest BCUT2D eigenvalue weighted by atomic mass is 9.38. The number of esters is 1. The molecule has 162 valence electrons. The van der Waals surface area contributed by atoms with E-state index in [1.54, 1.807) is 0 Å². The third kappa shape index (κ3) is 2.03. The summed E-state index contributed by atoms with van der Waals surface area (Å²) in [6, 6.07) is 8.54. The average Bonchev–Trinajstić information content (AvgIpc) is 3.24. The lowest BCUT2D eigenvalue weighted by Crippen LogP contribution is -2.80. The van der Waals surface area contributed by atoms with E-state index in [0.29, 0.717) is 12.8 Å². The molecule has 0 aromatic heterocycles. The molecule has 0 radical (unpaired) electrons. The van der Waals surface area contributed by atoms with Crippen LogP contribution < -0.4 is 5.32 Å². The second-order valence-electron chi connectivity index (χ2n) is 9.91. The third-order valence-corrected chi connectivity index (χ3v) is 9.51. The summed E-state index contributed by atoms with van der Waals surface area (Å²) in [7, 11) is -2.17. The Morgan fingerprint density at radius 1 is 1.20 bits per heavy atom. The number of anilines is 1. The Morgan fingerprint density at radius 2 is 2.00 bits per heavy atom. The number of carbonyl (C=O) groups excluding carboxylic acids is 1. The summed E-state index contributed by atoms with van der Waals surface area (Å²) in [5, 5.41) is 3.76. The molecule has 3 aliphatic heterocycles. The van der Waals surface area contributed by atoms with Gasteiger partial charge in [0.2, 0.25) is 0 Å². The maximum absolute atomic E-state index is 13.1. The lowest BCUT2D eigenvalue weighted by molar-refractivity contribution is -0.197. The van der Waals surface area contributed by atoms with Crippen LogP contribution >= 0.6 is 0 Å². The van der Waals surface area contributed by atoms with Gasteiger partial charge in [-0.1, -0.05) is 18.2 Å². The standard InChI is InChI=1S/C22H28N2O5S/c1-28-18(25)15-12-20-8-5-10-24-11-9-21(19(20)24)14-6-3-4-7-16(14)23-22(15,21)13-17(20)29-30(2,26)27/h3-4,6-7,15,17,19,23H,5,8-13H2,1-2H3/t15-,17+,19-,20-,21+,22+/m0/s1. The first-order valence-electron chi connectivity index (χ1n) is 10.9. The molecule has 2 saturated heterocycles. The fourth-order valence-electron chi connectivity index (χ4n) is 8.34. The van der Waals surface area contributed by atoms with Crippen LogP contribution in [-0.4, -0.2) is 63.4 Å². The molecule has 1 aromatic rings. The smallest absolute Gasteiger partial charge is 0.311 e. The number of nitrogens with one attached hydrogen (secondary N) is 1. The van der Waals surface area contributed by atoms with Crippen molar-refractivity contribution in [1.82, 2.24) is 4.90 Å². The number of hydrogen-bond donors (Lipinski definition) is 1. The van der Waals surface area contributed by atoms with Gasteiger partial charge in [-0.2, -0.15) is 8.42 Å². The van der Waals surface area contributed by atoms with Crippen LogP contribution in [0.25, 0.3) is 0 Å². The highest BCUT2D eigenvalue weighted by atomic mass is 32.2. The first-order valence-corrected chi connectivity index (χ1v) is 12.7. The lowest BCUT2D eigenvalue weighted by Gasteiger charge is -2.70. The topological polar surface area (TPSA) is 84.9 Å². The highest BCUT2D eigenvalue weighted by Crippen LogP contribution is 2.74. The molecule has 0 unspecified atom stereocenters. The summed E-state index contributed by atoms with van der Waals surface area (Å²) in [6.07, 6.45) is 4.63. The first kappa shape index (κ1) is 19.1. The maximum atomic E-state index is 13.1. The van der Waals surface area contributed by atoms with Crippen molar-refractivity contribution in [2.45, 2.75) is 55.2 Å². The van der Waals surface area contributed by atoms with E-state index in [2.05, 4.69) is 28.4 Å². The number of rotatable bonds is 3. The molecule has 6 aliphatic rings. The van der Waals surface area contributed by atoms with Crippen molar-refractivity contribution in [3.05, 3.63) is 29.8 Å². The molecule has 1 aromatic carbocycles. The van der Waals surface area contributed by atoms with Gasteiger partial charge in [-0.05, 0) is 50.4 Å². The Kier molecular flexibility index (Phi) is 3.67. The molecule has 1 N–H and O–H groups in total. The monoisotopic (exact) mass is 432 g/mol. The van der Waals surface area contributed by atoms with Crippen LogP contribution in [0.3, 0.4) is 0 Å². The maximum Gasteiger partial charge on any atom is 0.311 e. The van der Waals surface area contributed by atoms with Gasteiger partial charge >= 0.3 is 5.97 Å². The van der Waals surface area contributed by atoms with Crippen LogP contribution in [-0.2, 0) is 29.2 Å². The van der Waals surface area contributed by atoms with Gasteiger partial charge in [0.15, 0.2) is 0 Å². The molecule has 7 rings (SSSR count). The summed E-state index contributed by atoms with van der Waals surface area (Å²) >= 11 is 0. The van der Waals surface area contributed by atoms with Crippen molar-refractivity contribution in [2.75, 3.05) is 31.8 Å².